The Kier molecular flexibility index (Phi) is 4.31. The maximum Gasteiger partial charge on any atom is 0.258 e. The summed E-state index contributed by atoms with van der Waals surface area (Å²) in [4.78, 5) is 19.0. The van der Waals surface area contributed by atoms with Crippen LogP contribution in [0.2, 0.25) is 0 Å². The van der Waals surface area contributed by atoms with Gasteiger partial charge < -0.3 is 4.90 Å². The van der Waals surface area contributed by atoms with Crippen LogP contribution in [-0.2, 0) is 13.5 Å². The second-order valence-corrected chi connectivity index (χ2v) is 7.48. The molecule has 1 aliphatic rings. The Balaban J connectivity index is 1.53. The number of aromatic nitrogens is 5. The molecule has 31 heavy (non-hydrogen) atoms. The van der Waals surface area contributed by atoms with Crippen LogP contribution in [0.5, 0.6) is 0 Å². The van der Waals surface area contributed by atoms with Crippen LogP contribution in [0.4, 0.5) is 13.2 Å². The first kappa shape index (κ1) is 19.3. The molecule has 0 unspecified atom stereocenters. The van der Waals surface area contributed by atoms with Gasteiger partial charge in [-0.05, 0) is 25.5 Å². The third kappa shape index (κ3) is 2.89. The average Bonchev–Trinajstić information content (AvgIpc) is 3.32. The van der Waals surface area contributed by atoms with Crippen molar-refractivity contribution in [2.24, 2.45) is 7.05 Å². The SMILES string of the molecule is C[C@H]1c2nn(C)c(-c3cc(F)c(F)c(F)c3)c2CCN1C(=O)c1cnn2ccncc12. The number of rotatable bonds is 2. The molecular weight excluding hydrogens is 409 g/mol. The van der Waals surface area contributed by atoms with E-state index < -0.39 is 17.5 Å². The Bertz CT molecular complexity index is 1320. The van der Waals surface area contributed by atoms with Gasteiger partial charge in [-0.2, -0.15) is 10.2 Å². The zero-order valence-corrected chi connectivity index (χ0v) is 16.7. The lowest BCUT2D eigenvalue weighted by Crippen LogP contribution is -2.38. The number of carbonyl (C=O) groups is 1. The predicted molar refractivity (Wildman–Crippen MR) is 105 cm³/mol. The van der Waals surface area contributed by atoms with E-state index >= 15 is 0 Å². The van der Waals surface area contributed by atoms with Gasteiger partial charge in [-0.3, -0.25) is 14.5 Å². The van der Waals surface area contributed by atoms with Gasteiger partial charge in [0.05, 0.1) is 40.9 Å². The number of benzene rings is 1. The molecule has 4 heterocycles. The van der Waals surface area contributed by atoms with Crippen molar-refractivity contribution in [3.8, 4) is 11.3 Å². The van der Waals surface area contributed by atoms with Crippen LogP contribution >= 0.6 is 0 Å². The van der Waals surface area contributed by atoms with E-state index in [9.17, 15) is 18.0 Å². The van der Waals surface area contributed by atoms with Crippen molar-refractivity contribution in [2.75, 3.05) is 6.54 Å². The fraction of sp³-hybridized carbons (Fsp3) is 0.238. The molecule has 10 heteroatoms. The van der Waals surface area contributed by atoms with Crippen LogP contribution < -0.4 is 0 Å². The van der Waals surface area contributed by atoms with Gasteiger partial charge >= 0.3 is 0 Å². The Hall–Kier alpha value is -3.69. The van der Waals surface area contributed by atoms with E-state index in [2.05, 4.69) is 15.2 Å². The van der Waals surface area contributed by atoms with Gasteiger partial charge in [0.25, 0.3) is 5.91 Å². The number of hydrogen-bond acceptors (Lipinski definition) is 4. The molecule has 1 aromatic carbocycles. The van der Waals surface area contributed by atoms with E-state index in [-0.39, 0.29) is 17.5 Å². The molecule has 1 amide bonds. The molecule has 7 nitrogen and oxygen atoms in total. The van der Waals surface area contributed by atoms with Gasteiger partial charge in [-0.1, -0.05) is 0 Å². The van der Waals surface area contributed by atoms with E-state index in [0.717, 1.165) is 17.7 Å². The monoisotopic (exact) mass is 426 g/mol. The van der Waals surface area contributed by atoms with Crippen molar-refractivity contribution >= 4 is 11.4 Å². The summed E-state index contributed by atoms with van der Waals surface area (Å²) in [5.41, 5.74) is 3.16. The summed E-state index contributed by atoms with van der Waals surface area (Å²) in [5.74, 6) is -4.22. The Morgan fingerprint density at radius 1 is 1.16 bits per heavy atom. The lowest BCUT2D eigenvalue weighted by Gasteiger charge is -2.32. The lowest BCUT2D eigenvalue weighted by atomic mass is 9.95. The van der Waals surface area contributed by atoms with E-state index in [1.807, 2.05) is 6.92 Å². The van der Waals surface area contributed by atoms with Crippen molar-refractivity contribution in [3.05, 3.63) is 71.2 Å². The van der Waals surface area contributed by atoms with Crippen molar-refractivity contribution in [1.29, 1.82) is 0 Å². The van der Waals surface area contributed by atoms with E-state index in [4.69, 9.17) is 0 Å². The number of halogens is 3. The molecule has 158 valence electrons. The maximum absolute atomic E-state index is 13.8. The fourth-order valence-corrected chi connectivity index (χ4v) is 4.23. The van der Waals surface area contributed by atoms with Crippen LogP contribution in [0.1, 0.15) is 34.6 Å². The minimum atomic E-state index is -1.51. The highest BCUT2D eigenvalue weighted by atomic mass is 19.2. The predicted octanol–water partition coefficient (Wildman–Crippen LogP) is 3.31. The number of hydrogen-bond donors (Lipinski definition) is 0. The van der Waals surface area contributed by atoms with Gasteiger partial charge in [-0.15, -0.1) is 0 Å². The Labute approximate surface area is 174 Å². The second kappa shape index (κ2) is 6.93. The molecule has 1 atom stereocenters. The fourth-order valence-electron chi connectivity index (χ4n) is 4.23. The molecule has 0 spiro atoms. The third-order valence-corrected chi connectivity index (χ3v) is 5.72. The minimum Gasteiger partial charge on any atom is -0.330 e. The van der Waals surface area contributed by atoms with Crippen LogP contribution in [0.15, 0.2) is 36.9 Å². The molecule has 4 aromatic rings. The molecule has 0 aliphatic carbocycles. The third-order valence-electron chi connectivity index (χ3n) is 5.72. The van der Waals surface area contributed by atoms with Crippen molar-refractivity contribution in [1.82, 2.24) is 29.3 Å². The smallest absolute Gasteiger partial charge is 0.258 e. The number of carbonyl (C=O) groups excluding carboxylic acids is 1. The maximum atomic E-state index is 13.8. The number of fused-ring (bicyclic) bond motifs is 2. The molecule has 0 saturated carbocycles. The molecule has 0 N–H and O–H groups in total. The molecule has 0 radical (unpaired) electrons. The zero-order chi connectivity index (χ0) is 21.9. The van der Waals surface area contributed by atoms with Gasteiger partial charge in [0.2, 0.25) is 0 Å². The molecule has 0 bridgehead atoms. The molecule has 0 fully saturated rings. The Morgan fingerprint density at radius 3 is 2.65 bits per heavy atom. The van der Waals surface area contributed by atoms with Crippen LogP contribution in [0, 0.1) is 17.5 Å². The lowest BCUT2D eigenvalue weighted by molar-refractivity contribution is 0.0675. The van der Waals surface area contributed by atoms with Gasteiger partial charge in [0.1, 0.15) is 0 Å². The number of amides is 1. The minimum absolute atomic E-state index is 0.202. The average molecular weight is 426 g/mol. The summed E-state index contributed by atoms with van der Waals surface area (Å²) < 4.78 is 44.1. The van der Waals surface area contributed by atoms with E-state index in [1.54, 1.807) is 35.1 Å². The van der Waals surface area contributed by atoms with Gasteiger partial charge in [-0.25, -0.2) is 17.7 Å². The van der Waals surface area contributed by atoms with Gasteiger partial charge in [0.15, 0.2) is 17.5 Å². The number of nitrogens with zero attached hydrogens (tertiary/aromatic N) is 6. The normalized spacial score (nSPS) is 16.0. The van der Waals surface area contributed by atoms with Crippen molar-refractivity contribution < 1.29 is 18.0 Å². The largest absolute Gasteiger partial charge is 0.330 e. The summed E-state index contributed by atoms with van der Waals surface area (Å²) in [6.45, 7) is 2.23. The molecule has 1 aliphatic heterocycles. The summed E-state index contributed by atoms with van der Waals surface area (Å²) in [6, 6.07) is 1.55. The van der Waals surface area contributed by atoms with Gasteiger partial charge in [0, 0.05) is 37.1 Å². The topological polar surface area (TPSA) is 68.3 Å². The summed E-state index contributed by atoms with van der Waals surface area (Å²) in [5, 5.41) is 8.71. The molecule has 5 rings (SSSR count). The second-order valence-electron chi connectivity index (χ2n) is 7.48. The first-order chi connectivity index (χ1) is 14.9. The standard InChI is InChI=1S/C21H17F3N6O/c1-11-19-13(20(28(2)27-19)12-7-15(22)18(24)16(23)8-12)3-5-29(11)21(31)14-9-26-30-6-4-25-10-17(14)30/h4,6-11H,3,5H2,1-2H3/t11-/m0/s1. The highest BCUT2D eigenvalue weighted by Crippen LogP contribution is 2.37. The summed E-state index contributed by atoms with van der Waals surface area (Å²) in [7, 11) is 1.66. The summed E-state index contributed by atoms with van der Waals surface area (Å²) >= 11 is 0. The van der Waals surface area contributed by atoms with Crippen LogP contribution in [0.3, 0.4) is 0 Å². The zero-order valence-electron chi connectivity index (χ0n) is 16.7. The van der Waals surface area contributed by atoms with E-state index in [0.29, 0.717) is 35.4 Å². The van der Waals surface area contributed by atoms with Crippen LogP contribution in [-0.4, -0.2) is 41.7 Å². The highest BCUT2D eigenvalue weighted by molar-refractivity contribution is 6.00. The molecule has 0 saturated heterocycles. The van der Waals surface area contributed by atoms with Crippen LogP contribution in [0.25, 0.3) is 16.8 Å². The molecular formula is C21H17F3N6O. The summed E-state index contributed by atoms with van der Waals surface area (Å²) in [6.07, 6.45) is 6.77. The first-order valence-corrected chi connectivity index (χ1v) is 9.65. The first-order valence-electron chi connectivity index (χ1n) is 9.65. The van der Waals surface area contributed by atoms with E-state index in [1.165, 1.54) is 10.9 Å². The Morgan fingerprint density at radius 2 is 1.90 bits per heavy atom. The van der Waals surface area contributed by atoms with Crippen molar-refractivity contribution in [3.63, 3.8) is 0 Å². The quantitative estimate of drug-likeness (QED) is 0.462. The molecule has 3 aromatic heterocycles. The number of aryl methyl sites for hydroxylation is 1. The van der Waals surface area contributed by atoms with Crippen molar-refractivity contribution in [2.45, 2.75) is 19.4 Å². The highest BCUT2D eigenvalue weighted by Gasteiger charge is 2.34.